The third-order valence-electron chi connectivity index (χ3n) is 3.73. The Morgan fingerprint density at radius 1 is 1.04 bits per heavy atom. The van der Waals surface area contributed by atoms with Gasteiger partial charge in [-0.25, -0.2) is 0 Å². The molecule has 0 bridgehead atoms. The lowest BCUT2D eigenvalue weighted by atomic mass is 10.1. The third kappa shape index (κ3) is 5.39. The molecule has 2 aromatic rings. The second-order valence-electron chi connectivity index (χ2n) is 5.44. The van der Waals surface area contributed by atoms with Crippen molar-refractivity contribution in [1.82, 2.24) is 10.6 Å². The summed E-state index contributed by atoms with van der Waals surface area (Å²) in [6, 6.07) is 12.2. The number of hydrogen-bond donors (Lipinski definition) is 2. The van der Waals surface area contributed by atoms with Gasteiger partial charge in [-0.15, -0.1) is 0 Å². The molecule has 0 saturated heterocycles. The Bertz CT molecular complexity index is 780. The minimum Gasteiger partial charge on any atom is -0.497 e. The zero-order chi connectivity index (χ0) is 18.9. The first-order valence-corrected chi connectivity index (χ1v) is 8.43. The molecule has 0 aliphatic carbocycles. The highest BCUT2D eigenvalue weighted by Crippen LogP contribution is 2.24. The van der Waals surface area contributed by atoms with Gasteiger partial charge in [0.05, 0.1) is 31.4 Å². The molecule has 0 saturated carbocycles. The first-order chi connectivity index (χ1) is 12.5. The van der Waals surface area contributed by atoms with Gasteiger partial charge in [0.2, 0.25) is 5.91 Å². The average molecular weight is 377 g/mol. The van der Waals surface area contributed by atoms with Crippen molar-refractivity contribution in [3.05, 3.63) is 58.6 Å². The second-order valence-corrected chi connectivity index (χ2v) is 5.85. The summed E-state index contributed by atoms with van der Waals surface area (Å²) < 4.78 is 10.5. The monoisotopic (exact) mass is 376 g/mol. The molecule has 0 spiro atoms. The Morgan fingerprint density at radius 3 is 2.50 bits per heavy atom. The van der Waals surface area contributed by atoms with Crippen LogP contribution in [0.1, 0.15) is 15.9 Å². The quantitative estimate of drug-likeness (QED) is 0.742. The topological polar surface area (TPSA) is 76.7 Å². The highest BCUT2D eigenvalue weighted by atomic mass is 35.5. The van der Waals surface area contributed by atoms with Gasteiger partial charge in [0.15, 0.2) is 0 Å². The minimum atomic E-state index is -0.389. The molecule has 0 aliphatic heterocycles. The van der Waals surface area contributed by atoms with Crippen LogP contribution < -0.4 is 20.1 Å². The van der Waals surface area contributed by atoms with E-state index in [0.29, 0.717) is 23.6 Å². The lowest BCUT2D eigenvalue weighted by molar-refractivity contribution is -0.120. The predicted octanol–water partition coefficient (Wildman–Crippen LogP) is 2.45. The van der Waals surface area contributed by atoms with Crippen molar-refractivity contribution < 1.29 is 19.1 Å². The van der Waals surface area contributed by atoms with E-state index in [4.69, 9.17) is 21.1 Å². The average Bonchev–Trinajstić information content (AvgIpc) is 2.66. The fourth-order valence-corrected chi connectivity index (χ4v) is 2.60. The molecule has 6 nitrogen and oxygen atoms in total. The molecule has 2 rings (SSSR count). The number of benzene rings is 2. The zero-order valence-corrected chi connectivity index (χ0v) is 15.4. The van der Waals surface area contributed by atoms with Gasteiger partial charge in [-0.3, -0.25) is 9.59 Å². The van der Waals surface area contributed by atoms with E-state index in [1.807, 2.05) is 18.2 Å². The molecule has 2 aromatic carbocycles. The van der Waals surface area contributed by atoms with Crippen molar-refractivity contribution in [2.75, 3.05) is 27.3 Å². The van der Waals surface area contributed by atoms with Gasteiger partial charge in [0.1, 0.15) is 11.5 Å². The largest absolute Gasteiger partial charge is 0.497 e. The number of methoxy groups -OCH3 is 2. The standard InChI is InChI=1S/C19H21ClN2O4/c1-25-14-7-8-17(26-2)13(11-14)9-10-21-18(23)12-22-19(24)15-5-3-4-6-16(15)20/h3-8,11H,9-10,12H2,1-2H3,(H,21,23)(H,22,24). The molecule has 0 unspecified atom stereocenters. The van der Waals surface area contributed by atoms with Crippen LogP contribution in [0.5, 0.6) is 11.5 Å². The van der Waals surface area contributed by atoms with Crippen molar-refractivity contribution in [2.24, 2.45) is 0 Å². The third-order valence-corrected chi connectivity index (χ3v) is 4.06. The molecule has 0 heterocycles. The molecule has 138 valence electrons. The highest BCUT2D eigenvalue weighted by molar-refractivity contribution is 6.33. The van der Waals surface area contributed by atoms with Gasteiger partial charge in [-0.2, -0.15) is 0 Å². The maximum absolute atomic E-state index is 12.0. The van der Waals surface area contributed by atoms with E-state index in [1.54, 1.807) is 38.5 Å². The van der Waals surface area contributed by atoms with Crippen LogP contribution in [0.25, 0.3) is 0 Å². The van der Waals surface area contributed by atoms with E-state index >= 15 is 0 Å². The molecule has 7 heteroatoms. The zero-order valence-electron chi connectivity index (χ0n) is 14.7. The predicted molar refractivity (Wildman–Crippen MR) is 100 cm³/mol. The van der Waals surface area contributed by atoms with Crippen LogP contribution >= 0.6 is 11.6 Å². The molecule has 26 heavy (non-hydrogen) atoms. The van der Waals surface area contributed by atoms with Crippen molar-refractivity contribution in [3.63, 3.8) is 0 Å². The maximum atomic E-state index is 12.0. The maximum Gasteiger partial charge on any atom is 0.253 e. The Balaban J connectivity index is 1.81. The lowest BCUT2D eigenvalue weighted by Crippen LogP contribution is -2.37. The van der Waals surface area contributed by atoms with Crippen LogP contribution in [0.4, 0.5) is 0 Å². The van der Waals surface area contributed by atoms with E-state index in [9.17, 15) is 9.59 Å². The van der Waals surface area contributed by atoms with E-state index < -0.39 is 0 Å². The van der Waals surface area contributed by atoms with Crippen LogP contribution in [-0.4, -0.2) is 39.1 Å². The fourth-order valence-electron chi connectivity index (χ4n) is 2.38. The number of ether oxygens (including phenoxy) is 2. The van der Waals surface area contributed by atoms with Gasteiger partial charge >= 0.3 is 0 Å². The van der Waals surface area contributed by atoms with Crippen LogP contribution in [-0.2, 0) is 11.2 Å². The summed E-state index contributed by atoms with van der Waals surface area (Å²) in [4.78, 5) is 23.9. The van der Waals surface area contributed by atoms with E-state index in [1.165, 1.54) is 0 Å². The van der Waals surface area contributed by atoms with E-state index in [0.717, 1.165) is 17.1 Å². The van der Waals surface area contributed by atoms with Gasteiger partial charge in [-0.1, -0.05) is 23.7 Å². The smallest absolute Gasteiger partial charge is 0.253 e. The van der Waals surface area contributed by atoms with Crippen LogP contribution in [0.15, 0.2) is 42.5 Å². The SMILES string of the molecule is COc1ccc(OC)c(CCNC(=O)CNC(=O)c2ccccc2Cl)c1. The minimum absolute atomic E-state index is 0.126. The van der Waals surface area contributed by atoms with Crippen LogP contribution in [0.2, 0.25) is 5.02 Å². The molecule has 0 fully saturated rings. The normalized spacial score (nSPS) is 10.1. The number of amides is 2. The number of rotatable bonds is 8. The summed E-state index contributed by atoms with van der Waals surface area (Å²) >= 11 is 5.96. The first-order valence-electron chi connectivity index (χ1n) is 8.05. The van der Waals surface area contributed by atoms with Gasteiger partial charge in [-0.05, 0) is 42.3 Å². The van der Waals surface area contributed by atoms with Crippen molar-refractivity contribution in [2.45, 2.75) is 6.42 Å². The molecule has 2 amide bonds. The number of nitrogens with one attached hydrogen (secondary N) is 2. The van der Waals surface area contributed by atoms with Crippen molar-refractivity contribution >= 4 is 23.4 Å². The number of halogens is 1. The second kappa shape index (κ2) is 9.68. The van der Waals surface area contributed by atoms with Crippen LogP contribution in [0, 0.1) is 0 Å². The summed E-state index contributed by atoms with van der Waals surface area (Å²) in [5.41, 5.74) is 1.26. The van der Waals surface area contributed by atoms with Crippen molar-refractivity contribution in [1.29, 1.82) is 0 Å². The number of hydrogen-bond acceptors (Lipinski definition) is 4. The number of carbonyl (C=O) groups excluding carboxylic acids is 2. The molecule has 0 aromatic heterocycles. The summed E-state index contributed by atoms with van der Waals surface area (Å²) in [5, 5.41) is 5.65. The summed E-state index contributed by atoms with van der Waals surface area (Å²) in [6.45, 7) is 0.281. The molecule has 0 aliphatic rings. The number of carbonyl (C=O) groups is 2. The lowest BCUT2D eigenvalue weighted by Gasteiger charge is -2.11. The Labute approximate surface area is 157 Å². The molecule has 0 atom stereocenters. The fraction of sp³-hybridized carbons (Fsp3) is 0.263. The van der Waals surface area contributed by atoms with Crippen LogP contribution in [0.3, 0.4) is 0 Å². The Hall–Kier alpha value is -2.73. The summed E-state index contributed by atoms with van der Waals surface area (Å²) in [5.74, 6) is 0.777. The van der Waals surface area contributed by atoms with Gasteiger partial charge in [0, 0.05) is 6.54 Å². The highest BCUT2D eigenvalue weighted by Gasteiger charge is 2.11. The van der Waals surface area contributed by atoms with Gasteiger partial charge in [0.25, 0.3) is 5.91 Å². The molecular formula is C19H21ClN2O4. The first kappa shape index (κ1) is 19.6. The Morgan fingerprint density at radius 2 is 1.81 bits per heavy atom. The molecular weight excluding hydrogens is 356 g/mol. The molecule has 2 N–H and O–H groups in total. The summed E-state index contributed by atoms with van der Waals surface area (Å²) in [6.07, 6.45) is 0.574. The Kier molecular flexibility index (Phi) is 7.29. The van der Waals surface area contributed by atoms with Gasteiger partial charge < -0.3 is 20.1 Å². The summed E-state index contributed by atoms with van der Waals surface area (Å²) in [7, 11) is 3.18. The van der Waals surface area contributed by atoms with E-state index in [2.05, 4.69) is 10.6 Å². The molecule has 0 radical (unpaired) electrons. The van der Waals surface area contributed by atoms with Crippen molar-refractivity contribution in [3.8, 4) is 11.5 Å². The van der Waals surface area contributed by atoms with E-state index in [-0.39, 0.29) is 18.4 Å².